The molecule has 0 bridgehead atoms. The van der Waals surface area contributed by atoms with Crippen molar-refractivity contribution in [2.75, 3.05) is 7.05 Å². The number of nitrogens with one attached hydrogen (secondary N) is 1. The van der Waals surface area contributed by atoms with Crippen molar-refractivity contribution in [2.45, 2.75) is 24.8 Å². The van der Waals surface area contributed by atoms with Crippen molar-refractivity contribution in [2.24, 2.45) is 0 Å². The van der Waals surface area contributed by atoms with Gasteiger partial charge in [0.2, 0.25) is 0 Å². The summed E-state index contributed by atoms with van der Waals surface area (Å²) in [7, 11) is 1.50. The predicted octanol–water partition coefficient (Wildman–Crippen LogP) is 7.09. The van der Waals surface area contributed by atoms with Crippen LogP contribution in [0.1, 0.15) is 28.2 Å². The molecule has 0 aliphatic rings. The number of alkyl halides is 6. The molecule has 0 amide bonds. The van der Waals surface area contributed by atoms with Crippen molar-refractivity contribution in [1.82, 2.24) is 5.32 Å². The molecule has 28 heavy (non-hydrogen) atoms. The fourth-order valence-electron chi connectivity index (χ4n) is 2.68. The molecule has 152 valence electrons. The third kappa shape index (κ3) is 5.90. The van der Waals surface area contributed by atoms with Gasteiger partial charge in [-0.15, -0.1) is 0 Å². The van der Waals surface area contributed by atoms with E-state index in [0.29, 0.717) is 0 Å². The van der Waals surface area contributed by atoms with Crippen LogP contribution in [0.2, 0.25) is 10.0 Å². The Bertz CT molecular complexity index is 838. The summed E-state index contributed by atoms with van der Waals surface area (Å²) >= 11 is 11.5. The fourth-order valence-corrected chi connectivity index (χ4v) is 3.22. The van der Waals surface area contributed by atoms with Crippen molar-refractivity contribution in [3.05, 3.63) is 74.8 Å². The molecule has 2 rings (SSSR count). The van der Waals surface area contributed by atoms with E-state index in [1.165, 1.54) is 25.2 Å². The predicted molar refractivity (Wildman–Crippen MR) is 98.5 cm³/mol. The molecule has 1 nitrogen and oxygen atoms in total. The molecule has 1 N–H and O–H groups in total. The summed E-state index contributed by atoms with van der Waals surface area (Å²) in [5.41, 5.74) is -1.11. The van der Waals surface area contributed by atoms with Crippen LogP contribution in [0.25, 0.3) is 6.08 Å². The van der Waals surface area contributed by atoms with Crippen LogP contribution in [0.4, 0.5) is 26.3 Å². The second-order valence-electron chi connectivity index (χ2n) is 6.03. The Labute approximate surface area is 168 Å². The largest absolute Gasteiger partial charge is 0.416 e. The van der Waals surface area contributed by atoms with Crippen LogP contribution < -0.4 is 5.32 Å². The average molecular weight is 442 g/mol. The molecule has 0 heterocycles. The zero-order chi connectivity index (χ0) is 21.1. The van der Waals surface area contributed by atoms with Gasteiger partial charge < -0.3 is 5.32 Å². The van der Waals surface area contributed by atoms with Gasteiger partial charge in [0.25, 0.3) is 0 Å². The Kier molecular flexibility index (Phi) is 7.07. The molecular formula is C19H15Cl2F6N. The highest BCUT2D eigenvalue weighted by Gasteiger charge is 2.39. The maximum absolute atomic E-state index is 13.5. The van der Waals surface area contributed by atoms with Crippen LogP contribution in [0.15, 0.2) is 42.5 Å². The first-order chi connectivity index (χ1) is 12.9. The van der Waals surface area contributed by atoms with Crippen molar-refractivity contribution in [1.29, 1.82) is 0 Å². The highest BCUT2D eigenvalue weighted by Crippen LogP contribution is 2.39. The lowest BCUT2D eigenvalue weighted by Gasteiger charge is -2.18. The monoisotopic (exact) mass is 441 g/mol. The van der Waals surface area contributed by atoms with E-state index in [1.807, 2.05) is 0 Å². The standard InChI is InChI=1S/C19H15Cl2F6N/c1-28-10-12-4-2-11(6-17(12)19(25,26)27)3-5-16(18(22,23)24)13-7-14(20)9-15(21)8-13/h2-9,16,28H,10H2,1H3/b5-3+. The van der Waals surface area contributed by atoms with Crippen LogP contribution in [-0.4, -0.2) is 13.2 Å². The van der Waals surface area contributed by atoms with E-state index in [-0.39, 0.29) is 33.3 Å². The molecule has 0 aliphatic heterocycles. The van der Waals surface area contributed by atoms with Gasteiger partial charge in [-0.05, 0) is 48.0 Å². The van der Waals surface area contributed by atoms with Crippen molar-refractivity contribution in [3.63, 3.8) is 0 Å². The normalized spacial score (nSPS) is 13.9. The molecule has 0 aliphatic carbocycles. The molecule has 9 heteroatoms. The topological polar surface area (TPSA) is 12.0 Å². The van der Waals surface area contributed by atoms with E-state index in [1.54, 1.807) is 0 Å². The lowest BCUT2D eigenvalue weighted by atomic mass is 9.96. The second-order valence-corrected chi connectivity index (χ2v) is 6.90. The fraction of sp³-hybridized carbons (Fsp3) is 0.263. The Morgan fingerprint density at radius 3 is 2.07 bits per heavy atom. The van der Waals surface area contributed by atoms with Gasteiger partial charge in [-0.25, -0.2) is 0 Å². The third-order valence-electron chi connectivity index (χ3n) is 3.88. The molecule has 0 radical (unpaired) electrons. The second kappa shape index (κ2) is 8.76. The van der Waals surface area contributed by atoms with E-state index >= 15 is 0 Å². The maximum atomic E-state index is 13.5. The summed E-state index contributed by atoms with van der Waals surface area (Å²) in [6.45, 7) is -0.0228. The van der Waals surface area contributed by atoms with E-state index in [0.717, 1.165) is 30.4 Å². The molecule has 0 aromatic heterocycles. The summed E-state index contributed by atoms with van der Waals surface area (Å²) in [6.07, 6.45) is -7.51. The summed E-state index contributed by atoms with van der Waals surface area (Å²) in [4.78, 5) is 0. The first-order valence-electron chi connectivity index (χ1n) is 7.97. The van der Waals surface area contributed by atoms with Gasteiger partial charge in [0.05, 0.1) is 11.5 Å². The van der Waals surface area contributed by atoms with Gasteiger partial charge >= 0.3 is 12.4 Å². The first-order valence-corrected chi connectivity index (χ1v) is 8.73. The molecule has 0 fully saturated rings. The number of rotatable bonds is 5. The molecule has 2 aromatic rings. The van der Waals surface area contributed by atoms with Crippen LogP contribution in [0.5, 0.6) is 0 Å². The lowest BCUT2D eigenvalue weighted by molar-refractivity contribution is -0.140. The minimum atomic E-state index is -4.68. The van der Waals surface area contributed by atoms with Crippen molar-refractivity contribution < 1.29 is 26.3 Å². The molecule has 0 saturated heterocycles. The lowest BCUT2D eigenvalue weighted by Crippen LogP contribution is -2.19. The highest BCUT2D eigenvalue weighted by molar-refractivity contribution is 6.34. The molecule has 0 spiro atoms. The molecular weight excluding hydrogens is 427 g/mol. The number of benzene rings is 2. The number of hydrogen-bond acceptors (Lipinski definition) is 1. The number of hydrogen-bond donors (Lipinski definition) is 1. The zero-order valence-electron chi connectivity index (χ0n) is 14.4. The Morgan fingerprint density at radius 1 is 0.964 bits per heavy atom. The summed E-state index contributed by atoms with van der Waals surface area (Å²) in [6, 6.07) is 6.91. The minimum absolute atomic E-state index is 0.00106. The van der Waals surface area contributed by atoms with E-state index in [4.69, 9.17) is 23.2 Å². The Hall–Kier alpha value is -1.70. The maximum Gasteiger partial charge on any atom is 0.416 e. The zero-order valence-corrected chi connectivity index (χ0v) is 15.9. The SMILES string of the molecule is CNCc1ccc(/C=C/C(c2cc(Cl)cc(Cl)c2)C(F)(F)F)cc1C(F)(F)F. The highest BCUT2D eigenvalue weighted by atomic mass is 35.5. The van der Waals surface area contributed by atoms with Crippen LogP contribution in [0, 0.1) is 0 Å². The van der Waals surface area contributed by atoms with Crippen LogP contribution in [-0.2, 0) is 12.7 Å². The third-order valence-corrected chi connectivity index (χ3v) is 4.32. The van der Waals surface area contributed by atoms with Crippen molar-refractivity contribution in [3.8, 4) is 0 Å². The van der Waals surface area contributed by atoms with E-state index in [2.05, 4.69) is 5.32 Å². The van der Waals surface area contributed by atoms with Gasteiger partial charge in [0.1, 0.15) is 0 Å². The molecule has 1 unspecified atom stereocenters. The summed E-state index contributed by atoms with van der Waals surface area (Å²) in [5.74, 6) is -2.07. The first kappa shape index (κ1) is 22.6. The van der Waals surface area contributed by atoms with Gasteiger partial charge in [-0.3, -0.25) is 0 Å². The number of halogens is 8. The van der Waals surface area contributed by atoms with Crippen LogP contribution >= 0.6 is 23.2 Å². The van der Waals surface area contributed by atoms with Gasteiger partial charge in [-0.2, -0.15) is 26.3 Å². The van der Waals surface area contributed by atoms with E-state index < -0.39 is 23.8 Å². The average Bonchev–Trinajstić information content (AvgIpc) is 2.53. The number of allylic oxidation sites excluding steroid dienone is 1. The van der Waals surface area contributed by atoms with Gasteiger partial charge in [-0.1, -0.05) is 47.5 Å². The molecule has 1 atom stereocenters. The van der Waals surface area contributed by atoms with Gasteiger partial charge in [0, 0.05) is 16.6 Å². The smallest absolute Gasteiger partial charge is 0.316 e. The van der Waals surface area contributed by atoms with Gasteiger partial charge in [0.15, 0.2) is 0 Å². The summed E-state index contributed by atoms with van der Waals surface area (Å²) < 4.78 is 80.1. The molecule has 2 aromatic carbocycles. The Morgan fingerprint density at radius 2 is 1.57 bits per heavy atom. The summed E-state index contributed by atoms with van der Waals surface area (Å²) in [5, 5.41) is 2.68. The minimum Gasteiger partial charge on any atom is -0.316 e. The Balaban J connectivity index is 2.45. The van der Waals surface area contributed by atoms with E-state index in [9.17, 15) is 26.3 Å². The molecule has 0 saturated carbocycles. The van der Waals surface area contributed by atoms with Crippen molar-refractivity contribution >= 4 is 29.3 Å². The quantitative estimate of drug-likeness (QED) is 0.488. The van der Waals surface area contributed by atoms with Crippen LogP contribution in [0.3, 0.4) is 0 Å².